The van der Waals surface area contributed by atoms with E-state index in [9.17, 15) is 15.3 Å². The third kappa shape index (κ3) is 4.59. The number of nitrogens with zero attached hydrogens (tertiary/aromatic N) is 2. The van der Waals surface area contributed by atoms with Crippen LogP contribution in [0.2, 0.25) is 10.0 Å². The average Bonchev–Trinajstić information content (AvgIpc) is 2.75. The first-order valence-electron chi connectivity index (χ1n) is 9.09. The highest BCUT2D eigenvalue weighted by molar-refractivity contribution is 6.42. The lowest BCUT2D eigenvalue weighted by molar-refractivity contribution is 0.269. The molecule has 156 valence electrons. The molecule has 0 spiro atoms. The first kappa shape index (κ1) is 22.0. The van der Waals surface area contributed by atoms with Gasteiger partial charge in [-0.1, -0.05) is 35.3 Å². The fourth-order valence-electron chi connectivity index (χ4n) is 2.97. The molecule has 0 amide bonds. The second-order valence-corrected chi connectivity index (χ2v) is 7.16. The molecule has 1 aromatic heterocycles. The number of aromatic nitrogens is 1. The molecule has 0 aliphatic heterocycles. The zero-order valence-corrected chi connectivity index (χ0v) is 17.8. The molecule has 7 nitrogen and oxygen atoms in total. The van der Waals surface area contributed by atoms with Gasteiger partial charge in [0, 0.05) is 5.56 Å². The normalized spacial score (nSPS) is 10.2. The van der Waals surface area contributed by atoms with E-state index in [-0.39, 0.29) is 29.1 Å². The SMILES string of the molecule is CCOc1cc(-c2c(C#N)c(N)[nH]c(=O)c2C#N)ccc1OCc1ccc(Cl)c(Cl)c1. The van der Waals surface area contributed by atoms with Gasteiger partial charge in [0.25, 0.3) is 5.56 Å². The number of rotatable bonds is 6. The monoisotopic (exact) mass is 454 g/mol. The molecule has 0 aliphatic rings. The third-order valence-electron chi connectivity index (χ3n) is 4.38. The van der Waals surface area contributed by atoms with Crippen molar-refractivity contribution in [1.29, 1.82) is 10.5 Å². The van der Waals surface area contributed by atoms with Gasteiger partial charge in [0.2, 0.25) is 0 Å². The lowest BCUT2D eigenvalue weighted by Gasteiger charge is -2.15. The van der Waals surface area contributed by atoms with Crippen LogP contribution in [0.4, 0.5) is 5.82 Å². The Morgan fingerprint density at radius 1 is 1.00 bits per heavy atom. The number of nitrogens with one attached hydrogen (secondary N) is 1. The quantitative estimate of drug-likeness (QED) is 0.557. The standard InChI is InChI=1S/C22H16Cl2N4O3/c1-2-30-19-8-13(20-14(9-25)21(27)28-22(29)15(20)10-26)4-6-18(19)31-11-12-3-5-16(23)17(24)7-12/h3-8H,2,11H2,1H3,(H3,27,28,29). The molecule has 3 aromatic rings. The number of anilines is 1. The summed E-state index contributed by atoms with van der Waals surface area (Å²) < 4.78 is 11.6. The van der Waals surface area contributed by atoms with E-state index in [0.717, 1.165) is 5.56 Å². The van der Waals surface area contributed by atoms with Gasteiger partial charge in [-0.2, -0.15) is 10.5 Å². The van der Waals surface area contributed by atoms with Gasteiger partial charge in [0.1, 0.15) is 35.7 Å². The summed E-state index contributed by atoms with van der Waals surface area (Å²) in [4.78, 5) is 14.5. The molecule has 0 radical (unpaired) electrons. The van der Waals surface area contributed by atoms with Crippen molar-refractivity contribution in [2.24, 2.45) is 0 Å². The van der Waals surface area contributed by atoms with Gasteiger partial charge in [0.05, 0.1) is 16.7 Å². The number of ether oxygens (including phenoxy) is 2. The maximum atomic E-state index is 12.2. The summed E-state index contributed by atoms with van der Waals surface area (Å²) in [5, 5.41) is 19.8. The maximum absolute atomic E-state index is 12.2. The highest BCUT2D eigenvalue weighted by Crippen LogP contribution is 2.36. The number of nitrogens with two attached hydrogens (primary N) is 1. The lowest BCUT2D eigenvalue weighted by Crippen LogP contribution is -2.16. The Balaban J connectivity index is 2.04. The third-order valence-corrected chi connectivity index (χ3v) is 5.12. The molecule has 0 unspecified atom stereocenters. The van der Waals surface area contributed by atoms with Crippen molar-refractivity contribution in [3.8, 4) is 34.8 Å². The van der Waals surface area contributed by atoms with Gasteiger partial charge in [-0.15, -0.1) is 0 Å². The van der Waals surface area contributed by atoms with E-state index in [1.54, 1.807) is 36.4 Å². The molecule has 1 heterocycles. The Kier molecular flexibility index (Phi) is 6.71. The largest absolute Gasteiger partial charge is 0.490 e. The number of hydrogen-bond acceptors (Lipinski definition) is 6. The predicted molar refractivity (Wildman–Crippen MR) is 118 cm³/mol. The minimum absolute atomic E-state index is 0.00285. The van der Waals surface area contributed by atoms with Crippen molar-refractivity contribution in [1.82, 2.24) is 4.98 Å². The van der Waals surface area contributed by atoms with E-state index in [0.29, 0.717) is 33.7 Å². The molecule has 0 bridgehead atoms. The number of hydrogen-bond donors (Lipinski definition) is 2. The first-order chi connectivity index (χ1) is 14.9. The van der Waals surface area contributed by atoms with Crippen LogP contribution in [-0.2, 0) is 6.61 Å². The summed E-state index contributed by atoms with van der Waals surface area (Å²) in [7, 11) is 0. The van der Waals surface area contributed by atoms with E-state index in [2.05, 4.69) is 4.98 Å². The molecular formula is C22H16Cl2N4O3. The van der Waals surface area contributed by atoms with Crippen molar-refractivity contribution in [3.05, 3.63) is 73.5 Å². The highest BCUT2D eigenvalue weighted by atomic mass is 35.5. The number of halogens is 2. The molecule has 2 aromatic carbocycles. The van der Waals surface area contributed by atoms with Gasteiger partial charge in [0.15, 0.2) is 11.5 Å². The molecule has 9 heteroatoms. The average molecular weight is 455 g/mol. The smallest absolute Gasteiger partial charge is 0.268 e. The van der Waals surface area contributed by atoms with Crippen LogP contribution in [0.25, 0.3) is 11.1 Å². The van der Waals surface area contributed by atoms with Crippen LogP contribution in [0.5, 0.6) is 11.5 Å². The second kappa shape index (κ2) is 9.44. The molecule has 0 aliphatic carbocycles. The molecule has 0 fully saturated rings. The predicted octanol–water partition coefficient (Wildman–Crippen LogP) is 4.65. The second-order valence-electron chi connectivity index (χ2n) is 6.35. The van der Waals surface area contributed by atoms with Gasteiger partial charge < -0.3 is 20.2 Å². The fourth-order valence-corrected chi connectivity index (χ4v) is 3.29. The van der Waals surface area contributed by atoms with Gasteiger partial charge >= 0.3 is 0 Å². The van der Waals surface area contributed by atoms with E-state index in [1.807, 2.05) is 19.1 Å². The molecule has 0 saturated carbocycles. The Morgan fingerprint density at radius 3 is 2.39 bits per heavy atom. The van der Waals surface area contributed by atoms with Crippen LogP contribution in [0.1, 0.15) is 23.6 Å². The summed E-state index contributed by atoms with van der Waals surface area (Å²) in [5.41, 5.74) is 6.29. The van der Waals surface area contributed by atoms with Crippen LogP contribution >= 0.6 is 23.2 Å². The summed E-state index contributed by atoms with van der Waals surface area (Å²) in [6, 6.07) is 13.8. The van der Waals surface area contributed by atoms with Crippen LogP contribution < -0.4 is 20.8 Å². The summed E-state index contributed by atoms with van der Waals surface area (Å²) in [5.74, 6) is 0.706. The van der Waals surface area contributed by atoms with E-state index < -0.39 is 5.56 Å². The van der Waals surface area contributed by atoms with Crippen LogP contribution in [0.15, 0.2) is 41.2 Å². The van der Waals surface area contributed by atoms with Crippen molar-refractivity contribution in [2.45, 2.75) is 13.5 Å². The molecule has 3 N–H and O–H groups in total. The zero-order valence-electron chi connectivity index (χ0n) is 16.3. The first-order valence-corrected chi connectivity index (χ1v) is 9.85. The van der Waals surface area contributed by atoms with Crippen LogP contribution in [0.3, 0.4) is 0 Å². The van der Waals surface area contributed by atoms with E-state index in [1.165, 1.54) is 0 Å². The summed E-state index contributed by atoms with van der Waals surface area (Å²) in [6.07, 6.45) is 0. The Bertz CT molecular complexity index is 1290. The van der Waals surface area contributed by atoms with E-state index >= 15 is 0 Å². The minimum Gasteiger partial charge on any atom is -0.490 e. The lowest BCUT2D eigenvalue weighted by atomic mass is 9.96. The number of benzene rings is 2. The molecule has 0 atom stereocenters. The van der Waals surface area contributed by atoms with Gasteiger partial charge in [-0.3, -0.25) is 4.79 Å². The zero-order chi connectivity index (χ0) is 22.5. The van der Waals surface area contributed by atoms with Crippen LogP contribution in [-0.4, -0.2) is 11.6 Å². The number of H-pyrrole nitrogens is 1. The van der Waals surface area contributed by atoms with Crippen molar-refractivity contribution < 1.29 is 9.47 Å². The Labute approximate surface area is 188 Å². The highest BCUT2D eigenvalue weighted by Gasteiger charge is 2.20. The van der Waals surface area contributed by atoms with Crippen molar-refractivity contribution >= 4 is 29.0 Å². The maximum Gasteiger partial charge on any atom is 0.268 e. The minimum atomic E-state index is -0.674. The fraction of sp³-hybridized carbons (Fsp3) is 0.136. The summed E-state index contributed by atoms with van der Waals surface area (Å²) in [6.45, 7) is 2.36. The molecule has 31 heavy (non-hydrogen) atoms. The van der Waals surface area contributed by atoms with Gasteiger partial charge in [-0.05, 0) is 42.3 Å². The van der Waals surface area contributed by atoms with Crippen molar-refractivity contribution in [2.75, 3.05) is 12.3 Å². The Morgan fingerprint density at radius 2 is 1.74 bits per heavy atom. The van der Waals surface area contributed by atoms with Crippen molar-refractivity contribution in [3.63, 3.8) is 0 Å². The molecular weight excluding hydrogens is 439 g/mol. The number of nitrogen functional groups attached to an aromatic ring is 1. The molecule has 0 saturated heterocycles. The summed E-state index contributed by atoms with van der Waals surface area (Å²) >= 11 is 12.0. The topological polar surface area (TPSA) is 125 Å². The number of aromatic amines is 1. The molecule has 3 rings (SSSR count). The van der Waals surface area contributed by atoms with E-state index in [4.69, 9.17) is 38.4 Å². The number of nitriles is 2. The Hall–Kier alpha value is -3.65. The van der Waals surface area contributed by atoms with Gasteiger partial charge in [-0.25, -0.2) is 0 Å². The van der Waals surface area contributed by atoms with Crippen LogP contribution in [0, 0.1) is 22.7 Å². The number of pyridine rings is 1.